The Morgan fingerprint density at radius 3 is 2.59 bits per heavy atom. The van der Waals surface area contributed by atoms with Crippen LogP contribution in [0.15, 0.2) is 46.9 Å². The number of aromatic nitrogens is 6. The number of nitrogens with zero attached hydrogens (tertiary/aromatic N) is 6. The van der Waals surface area contributed by atoms with E-state index in [4.69, 9.17) is 18.9 Å². The maximum atomic E-state index is 12.0. The molecule has 10 nitrogen and oxygen atoms in total. The van der Waals surface area contributed by atoms with Crippen molar-refractivity contribution in [2.45, 2.75) is 51.6 Å². The molecule has 1 saturated carbocycles. The van der Waals surface area contributed by atoms with Gasteiger partial charge in [0.25, 0.3) is 0 Å². The number of ether oxygens (including phenoxy) is 2. The van der Waals surface area contributed by atoms with Crippen LogP contribution in [0.2, 0.25) is 0 Å². The minimum Gasteiger partial charge on any atom is -0.489 e. The van der Waals surface area contributed by atoms with Crippen molar-refractivity contribution in [2.75, 3.05) is 7.11 Å². The summed E-state index contributed by atoms with van der Waals surface area (Å²) in [7, 11) is 3.26. The van der Waals surface area contributed by atoms with E-state index in [0.717, 1.165) is 36.2 Å². The Labute approximate surface area is 215 Å². The minimum absolute atomic E-state index is 0.0427. The number of hydrogen-bond donors (Lipinski definition) is 0. The fraction of sp³-hybridized carbons (Fsp3) is 0.407. The number of aryl methyl sites for hydroxylation is 2. The van der Waals surface area contributed by atoms with Crippen LogP contribution >= 0.6 is 0 Å². The highest BCUT2D eigenvalue weighted by atomic mass is 16.5. The molecule has 4 aromatic rings. The molecule has 3 heterocycles. The van der Waals surface area contributed by atoms with Crippen molar-refractivity contribution in [3.8, 4) is 17.1 Å². The predicted molar refractivity (Wildman–Crippen MR) is 134 cm³/mol. The molecule has 1 aromatic carbocycles. The van der Waals surface area contributed by atoms with Gasteiger partial charge in [-0.2, -0.15) is 0 Å². The molecule has 2 atom stereocenters. The number of carbonyl (C=O) groups excluding carboxylic acids is 1. The first-order chi connectivity index (χ1) is 18.0. The van der Waals surface area contributed by atoms with Crippen molar-refractivity contribution in [1.29, 1.82) is 0 Å². The van der Waals surface area contributed by atoms with E-state index in [9.17, 15) is 4.79 Å². The van der Waals surface area contributed by atoms with E-state index in [1.54, 1.807) is 4.68 Å². The van der Waals surface area contributed by atoms with Crippen LogP contribution in [0.5, 0.6) is 5.75 Å². The van der Waals surface area contributed by atoms with Crippen molar-refractivity contribution in [3.63, 3.8) is 0 Å². The first-order valence-electron chi connectivity index (χ1n) is 12.5. The zero-order valence-corrected chi connectivity index (χ0v) is 21.3. The van der Waals surface area contributed by atoms with Crippen LogP contribution in [-0.2, 0) is 29.4 Å². The van der Waals surface area contributed by atoms with Crippen molar-refractivity contribution < 1.29 is 18.7 Å². The third kappa shape index (κ3) is 5.68. The van der Waals surface area contributed by atoms with E-state index in [1.807, 2.05) is 56.4 Å². The zero-order valence-electron chi connectivity index (χ0n) is 21.3. The lowest BCUT2D eigenvalue weighted by atomic mass is 9.87. The number of pyridine rings is 1. The molecule has 0 unspecified atom stereocenters. The summed E-state index contributed by atoms with van der Waals surface area (Å²) in [6.07, 6.45) is 4.24. The van der Waals surface area contributed by atoms with Gasteiger partial charge in [-0.05, 0) is 50.3 Å². The van der Waals surface area contributed by atoms with Crippen LogP contribution in [-0.4, -0.2) is 49.4 Å². The maximum Gasteiger partial charge on any atom is 0.308 e. The van der Waals surface area contributed by atoms with Crippen LogP contribution in [0, 0.1) is 12.8 Å². The molecule has 0 N–H and O–H groups in total. The highest BCUT2D eigenvalue weighted by Gasteiger charge is 2.29. The van der Waals surface area contributed by atoms with Crippen LogP contribution in [0.25, 0.3) is 11.4 Å². The third-order valence-electron chi connectivity index (χ3n) is 6.70. The number of methoxy groups -OCH3 is 1. The van der Waals surface area contributed by atoms with E-state index in [-0.39, 0.29) is 18.0 Å². The maximum absolute atomic E-state index is 12.0. The van der Waals surface area contributed by atoms with E-state index in [2.05, 4.69) is 20.5 Å². The molecule has 1 aliphatic rings. The van der Waals surface area contributed by atoms with E-state index in [1.165, 1.54) is 7.11 Å². The normalized spacial score (nSPS) is 17.5. The fourth-order valence-corrected chi connectivity index (χ4v) is 4.74. The number of hydrogen-bond acceptors (Lipinski definition) is 9. The van der Waals surface area contributed by atoms with Crippen LogP contribution < -0.4 is 4.74 Å². The molecule has 1 fully saturated rings. The van der Waals surface area contributed by atoms with Crippen LogP contribution in [0.4, 0.5) is 0 Å². The summed E-state index contributed by atoms with van der Waals surface area (Å²) in [5.41, 5.74) is 4.02. The zero-order chi connectivity index (χ0) is 25.8. The lowest BCUT2D eigenvalue weighted by molar-refractivity contribution is -0.147. The lowest BCUT2D eigenvalue weighted by Gasteiger charge is -2.28. The average molecular weight is 503 g/mol. The Kier molecular flexibility index (Phi) is 7.25. The summed E-state index contributed by atoms with van der Waals surface area (Å²) in [5.74, 6) is 1.47. The molecule has 0 bridgehead atoms. The van der Waals surface area contributed by atoms with Gasteiger partial charge < -0.3 is 13.9 Å². The summed E-state index contributed by atoms with van der Waals surface area (Å²) in [6, 6.07) is 13.8. The molecule has 5 rings (SSSR count). The SMILES string of the molecule is COC(=O)[C@H]1CCC[C@H](Oc2ccc(-c3nnn(C)c3Cc3nnc(Cc4ccccc4)o3)nc2C)C1. The summed E-state index contributed by atoms with van der Waals surface area (Å²) in [6.45, 7) is 1.91. The summed E-state index contributed by atoms with van der Waals surface area (Å²) < 4.78 is 18.8. The molecule has 0 radical (unpaired) electrons. The van der Waals surface area contributed by atoms with Crippen LogP contribution in [0.1, 0.15) is 54.4 Å². The highest BCUT2D eigenvalue weighted by Crippen LogP contribution is 2.31. The van der Waals surface area contributed by atoms with Gasteiger partial charge in [0.15, 0.2) is 0 Å². The molecule has 1 aliphatic carbocycles. The monoisotopic (exact) mass is 502 g/mol. The van der Waals surface area contributed by atoms with Crippen molar-refractivity contribution in [1.82, 2.24) is 30.2 Å². The summed E-state index contributed by atoms with van der Waals surface area (Å²) in [4.78, 5) is 16.7. The Balaban J connectivity index is 1.29. The highest BCUT2D eigenvalue weighted by molar-refractivity contribution is 5.72. The van der Waals surface area contributed by atoms with Gasteiger partial charge in [-0.1, -0.05) is 35.5 Å². The Morgan fingerprint density at radius 1 is 1.05 bits per heavy atom. The van der Waals surface area contributed by atoms with E-state index in [0.29, 0.717) is 48.2 Å². The molecular weight excluding hydrogens is 472 g/mol. The van der Waals surface area contributed by atoms with E-state index < -0.39 is 0 Å². The smallest absolute Gasteiger partial charge is 0.308 e. The Bertz CT molecular complexity index is 1370. The molecule has 3 aromatic heterocycles. The molecule has 0 saturated heterocycles. The quantitative estimate of drug-likeness (QED) is 0.331. The van der Waals surface area contributed by atoms with E-state index >= 15 is 0 Å². The van der Waals surface area contributed by atoms with Gasteiger partial charge in [-0.25, -0.2) is 4.98 Å². The van der Waals surface area contributed by atoms with Gasteiger partial charge in [0.1, 0.15) is 11.4 Å². The predicted octanol–water partition coefficient (Wildman–Crippen LogP) is 3.86. The Morgan fingerprint density at radius 2 is 1.84 bits per heavy atom. The first-order valence-corrected chi connectivity index (χ1v) is 12.5. The minimum atomic E-state index is -0.165. The molecule has 37 heavy (non-hydrogen) atoms. The molecule has 10 heteroatoms. The third-order valence-corrected chi connectivity index (χ3v) is 6.70. The largest absolute Gasteiger partial charge is 0.489 e. The summed E-state index contributed by atoms with van der Waals surface area (Å²) >= 11 is 0. The molecule has 0 spiro atoms. The number of benzene rings is 1. The molecule has 192 valence electrons. The second kappa shape index (κ2) is 10.9. The second-order valence-electron chi connectivity index (χ2n) is 9.34. The van der Waals surface area contributed by atoms with Crippen molar-refractivity contribution in [3.05, 3.63) is 71.2 Å². The van der Waals surface area contributed by atoms with Crippen molar-refractivity contribution >= 4 is 5.97 Å². The second-order valence-corrected chi connectivity index (χ2v) is 9.34. The first kappa shape index (κ1) is 24.6. The van der Waals surface area contributed by atoms with Crippen molar-refractivity contribution in [2.24, 2.45) is 13.0 Å². The van der Waals surface area contributed by atoms with Gasteiger partial charge in [0.2, 0.25) is 11.8 Å². The topological polar surface area (TPSA) is 118 Å². The van der Waals surface area contributed by atoms with Gasteiger partial charge in [-0.15, -0.1) is 15.3 Å². The fourth-order valence-electron chi connectivity index (χ4n) is 4.74. The number of carbonyl (C=O) groups is 1. The van der Waals surface area contributed by atoms with Gasteiger partial charge in [0.05, 0.1) is 49.1 Å². The average Bonchev–Trinajstić information content (AvgIpc) is 3.51. The summed E-state index contributed by atoms with van der Waals surface area (Å²) in [5, 5.41) is 17.0. The standard InChI is InChI=1S/C27H30N6O4/c1-17-23(36-20-11-7-10-19(15-20)27(34)35-3)13-12-21(28-17)26-22(33(2)32-31-26)16-25-30-29-24(37-25)14-18-8-5-4-6-9-18/h4-6,8-9,12-13,19-20H,7,10-11,14-16H2,1-3H3/t19-,20-/m0/s1. The molecule has 0 aliphatic heterocycles. The van der Waals surface area contributed by atoms with Gasteiger partial charge in [-0.3, -0.25) is 9.48 Å². The number of esters is 1. The molecule has 0 amide bonds. The van der Waals surface area contributed by atoms with Gasteiger partial charge in [0, 0.05) is 7.05 Å². The lowest BCUT2D eigenvalue weighted by Crippen LogP contribution is -2.30. The number of rotatable bonds is 8. The van der Waals surface area contributed by atoms with Crippen LogP contribution in [0.3, 0.4) is 0 Å². The molecular formula is C27H30N6O4. The Hall–Kier alpha value is -4.08. The van der Waals surface area contributed by atoms with Gasteiger partial charge >= 0.3 is 5.97 Å².